The molecule has 4 unspecified atom stereocenters. The van der Waals surface area contributed by atoms with E-state index >= 15 is 0 Å². The van der Waals surface area contributed by atoms with E-state index in [9.17, 15) is 4.79 Å². The third kappa shape index (κ3) is 4.09. The minimum atomic E-state index is 0.0942. The highest BCUT2D eigenvalue weighted by molar-refractivity contribution is 7.99. The monoisotopic (exact) mass is 399 g/mol. The van der Waals surface area contributed by atoms with Crippen LogP contribution in [0.15, 0.2) is 29.7 Å². The Hall–Kier alpha value is -1.89. The molecule has 0 radical (unpaired) electrons. The zero-order valence-electron chi connectivity index (χ0n) is 16.7. The van der Waals surface area contributed by atoms with Crippen molar-refractivity contribution in [2.75, 3.05) is 5.75 Å². The Bertz CT molecular complexity index is 808. The zero-order valence-corrected chi connectivity index (χ0v) is 17.5. The maximum atomic E-state index is 12.5. The number of thioether (sulfide) groups is 1. The lowest BCUT2D eigenvalue weighted by Crippen LogP contribution is -2.40. The Balaban J connectivity index is 1.36. The number of hydrogen-bond acceptors (Lipinski definition) is 5. The van der Waals surface area contributed by atoms with Gasteiger partial charge in [-0.15, -0.1) is 10.2 Å². The molecule has 0 saturated heterocycles. The molecule has 2 aliphatic rings. The van der Waals surface area contributed by atoms with Crippen molar-refractivity contribution in [1.82, 2.24) is 25.1 Å². The molecule has 4 atom stereocenters. The van der Waals surface area contributed by atoms with Gasteiger partial charge in [-0.1, -0.05) is 25.1 Å². The SMILES string of the molecule is CCCn1c(SCC(=O)NC(C)C2CC3CCC2C3)nnc1-c1ccncc1. The molecule has 1 amide bonds. The molecule has 2 aromatic rings. The van der Waals surface area contributed by atoms with E-state index in [1.54, 1.807) is 12.4 Å². The van der Waals surface area contributed by atoms with Crippen molar-refractivity contribution in [2.45, 2.75) is 63.7 Å². The first-order valence-corrected chi connectivity index (χ1v) is 11.4. The second-order valence-corrected chi connectivity index (χ2v) is 9.12. The number of aromatic nitrogens is 4. The number of rotatable bonds is 8. The van der Waals surface area contributed by atoms with Crippen LogP contribution in [0, 0.1) is 17.8 Å². The largest absolute Gasteiger partial charge is 0.353 e. The Morgan fingerprint density at radius 2 is 2.11 bits per heavy atom. The molecule has 2 bridgehead atoms. The molecule has 1 N–H and O–H groups in total. The van der Waals surface area contributed by atoms with E-state index in [1.165, 1.54) is 37.4 Å². The van der Waals surface area contributed by atoms with Gasteiger partial charge in [0.1, 0.15) is 0 Å². The number of carbonyl (C=O) groups excluding carboxylic acids is 1. The van der Waals surface area contributed by atoms with Gasteiger partial charge in [0.2, 0.25) is 5.91 Å². The summed E-state index contributed by atoms with van der Waals surface area (Å²) in [4.78, 5) is 16.6. The molecular weight excluding hydrogens is 370 g/mol. The van der Waals surface area contributed by atoms with Crippen molar-refractivity contribution < 1.29 is 4.79 Å². The Morgan fingerprint density at radius 3 is 2.79 bits per heavy atom. The van der Waals surface area contributed by atoms with E-state index in [0.717, 1.165) is 41.3 Å². The third-order valence-corrected chi connectivity index (χ3v) is 7.23. The number of fused-ring (bicyclic) bond motifs is 2. The van der Waals surface area contributed by atoms with Crippen molar-refractivity contribution in [3.8, 4) is 11.4 Å². The number of carbonyl (C=O) groups is 1. The molecule has 6 nitrogen and oxygen atoms in total. The summed E-state index contributed by atoms with van der Waals surface area (Å²) >= 11 is 1.47. The summed E-state index contributed by atoms with van der Waals surface area (Å²) in [6.07, 6.45) is 9.91. The first kappa shape index (κ1) is 19.4. The smallest absolute Gasteiger partial charge is 0.230 e. The number of nitrogens with one attached hydrogen (secondary N) is 1. The van der Waals surface area contributed by atoms with E-state index in [1.807, 2.05) is 12.1 Å². The molecule has 150 valence electrons. The van der Waals surface area contributed by atoms with E-state index in [4.69, 9.17) is 0 Å². The number of amides is 1. The van der Waals surface area contributed by atoms with Crippen molar-refractivity contribution in [3.05, 3.63) is 24.5 Å². The number of pyridine rings is 1. The van der Waals surface area contributed by atoms with Crippen LogP contribution in [0.5, 0.6) is 0 Å². The maximum Gasteiger partial charge on any atom is 0.230 e. The lowest BCUT2D eigenvalue weighted by atomic mass is 9.84. The summed E-state index contributed by atoms with van der Waals surface area (Å²) in [5.74, 6) is 3.70. The average Bonchev–Trinajstić information content (AvgIpc) is 3.43. The molecule has 2 aromatic heterocycles. The van der Waals surface area contributed by atoms with Gasteiger partial charge in [-0.05, 0) is 62.5 Å². The van der Waals surface area contributed by atoms with Gasteiger partial charge in [-0.25, -0.2) is 0 Å². The molecule has 0 aliphatic heterocycles. The summed E-state index contributed by atoms with van der Waals surface area (Å²) in [6.45, 7) is 5.14. The summed E-state index contributed by atoms with van der Waals surface area (Å²) in [7, 11) is 0. The molecule has 2 fully saturated rings. The molecule has 4 rings (SSSR count). The average molecular weight is 400 g/mol. The minimum absolute atomic E-state index is 0.0942. The molecule has 0 aromatic carbocycles. The zero-order chi connectivity index (χ0) is 19.5. The van der Waals surface area contributed by atoms with Crippen LogP contribution in [0.25, 0.3) is 11.4 Å². The van der Waals surface area contributed by atoms with Crippen molar-refractivity contribution in [1.29, 1.82) is 0 Å². The Kier molecular flexibility index (Phi) is 5.99. The van der Waals surface area contributed by atoms with Gasteiger partial charge in [0.15, 0.2) is 11.0 Å². The minimum Gasteiger partial charge on any atom is -0.353 e. The second kappa shape index (κ2) is 8.64. The Labute approximate surface area is 170 Å². The van der Waals surface area contributed by atoms with Crippen LogP contribution < -0.4 is 5.32 Å². The highest BCUT2D eigenvalue weighted by atomic mass is 32.2. The predicted octanol–water partition coefficient (Wildman–Crippen LogP) is 3.78. The molecule has 28 heavy (non-hydrogen) atoms. The summed E-state index contributed by atoms with van der Waals surface area (Å²) in [5, 5.41) is 12.8. The van der Waals surface area contributed by atoms with Gasteiger partial charge in [0, 0.05) is 30.5 Å². The molecule has 0 spiro atoms. The third-order valence-electron chi connectivity index (χ3n) is 6.26. The van der Waals surface area contributed by atoms with Gasteiger partial charge in [-0.3, -0.25) is 9.78 Å². The standard InChI is InChI=1S/C21H29N5OS/c1-3-10-26-20(16-6-8-22-9-7-16)24-25-21(26)28-13-19(27)23-14(2)18-12-15-4-5-17(18)11-15/h6-9,14-15,17-18H,3-5,10-13H2,1-2H3,(H,23,27). The Morgan fingerprint density at radius 1 is 1.29 bits per heavy atom. The second-order valence-electron chi connectivity index (χ2n) is 8.18. The fourth-order valence-electron chi connectivity index (χ4n) is 4.97. The van der Waals surface area contributed by atoms with Gasteiger partial charge >= 0.3 is 0 Å². The highest BCUT2D eigenvalue weighted by Gasteiger charge is 2.42. The molecular formula is C21H29N5OS. The van der Waals surface area contributed by atoms with Crippen LogP contribution in [0.4, 0.5) is 0 Å². The van der Waals surface area contributed by atoms with Crippen LogP contribution >= 0.6 is 11.8 Å². The summed E-state index contributed by atoms with van der Waals surface area (Å²) in [5.41, 5.74) is 0.997. The first-order valence-electron chi connectivity index (χ1n) is 10.4. The number of nitrogens with zero attached hydrogens (tertiary/aromatic N) is 4. The van der Waals surface area contributed by atoms with Crippen LogP contribution in [0.1, 0.15) is 46.0 Å². The van der Waals surface area contributed by atoms with Crippen molar-refractivity contribution in [2.24, 2.45) is 17.8 Å². The predicted molar refractivity (Wildman–Crippen MR) is 111 cm³/mol. The van der Waals surface area contributed by atoms with Crippen molar-refractivity contribution in [3.63, 3.8) is 0 Å². The first-order chi connectivity index (χ1) is 13.7. The summed E-state index contributed by atoms with van der Waals surface area (Å²) < 4.78 is 2.10. The van der Waals surface area contributed by atoms with E-state index in [0.29, 0.717) is 11.7 Å². The van der Waals surface area contributed by atoms with Gasteiger partial charge in [0.25, 0.3) is 0 Å². The molecule has 2 heterocycles. The fourth-order valence-corrected chi connectivity index (χ4v) is 5.75. The lowest BCUT2D eigenvalue weighted by molar-refractivity contribution is -0.119. The summed E-state index contributed by atoms with van der Waals surface area (Å²) in [6, 6.07) is 4.15. The molecule has 2 saturated carbocycles. The lowest BCUT2D eigenvalue weighted by Gasteiger charge is -2.28. The normalized spacial score (nSPS) is 24.4. The topological polar surface area (TPSA) is 72.7 Å². The van der Waals surface area contributed by atoms with Crippen LogP contribution in [0.2, 0.25) is 0 Å². The molecule has 2 aliphatic carbocycles. The van der Waals surface area contributed by atoms with E-state index in [2.05, 4.69) is 38.9 Å². The maximum absolute atomic E-state index is 12.5. The van der Waals surface area contributed by atoms with Crippen LogP contribution in [-0.4, -0.2) is 37.5 Å². The van der Waals surface area contributed by atoms with Crippen molar-refractivity contribution >= 4 is 17.7 Å². The number of hydrogen-bond donors (Lipinski definition) is 1. The van der Waals surface area contributed by atoms with Gasteiger partial charge in [-0.2, -0.15) is 0 Å². The van der Waals surface area contributed by atoms with E-state index < -0.39 is 0 Å². The molecule has 7 heteroatoms. The quantitative estimate of drug-likeness (QED) is 0.684. The van der Waals surface area contributed by atoms with Crippen LogP contribution in [0.3, 0.4) is 0 Å². The highest BCUT2D eigenvalue weighted by Crippen LogP contribution is 2.49. The van der Waals surface area contributed by atoms with Crippen LogP contribution in [-0.2, 0) is 11.3 Å². The van der Waals surface area contributed by atoms with Gasteiger partial charge < -0.3 is 9.88 Å². The fraction of sp³-hybridized carbons (Fsp3) is 0.619. The van der Waals surface area contributed by atoms with Gasteiger partial charge in [0.05, 0.1) is 5.75 Å². The van der Waals surface area contributed by atoms with E-state index in [-0.39, 0.29) is 11.9 Å².